The Hall–Kier alpha value is -2.48. The number of rotatable bonds is 4. The van der Waals surface area contributed by atoms with E-state index in [1.54, 1.807) is 24.4 Å². The topological polar surface area (TPSA) is 90.5 Å². The molecule has 22 heavy (non-hydrogen) atoms. The Morgan fingerprint density at radius 3 is 3.00 bits per heavy atom. The van der Waals surface area contributed by atoms with Gasteiger partial charge < -0.3 is 4.74 Å². The number of non-ortho nitro benzene ring substituents is 1. The average molecular weight is 316 g/mol. The van der Waals surface area contributed by atoms with Crippen molar-refractivity contribution in [1.82, 2.24) is 9.97 Å². The monoisotopic (exact) mass is 316 g/mol. The number of hydrogen-bond donors (Lipinski definition) is 0. The predicted octanol–water partition coefficient (Wildman–Crippen LogP) is 2.95. The van der Waals surface area contributed by atoms with Crippen LogP contribution in [-0.4, -0.2) is 27.5 Å². The van der Waals surface area contributed by atoms with Crippen LogP contribution in [-0.2, 0) is 4.74 Å². The van der Waals surface area contributed by atoms with Gasteiger partial charge in [-0.25, -0.2) is 15.0 Å². The van der Waals surface area contributed by atoms with Crippen molar-refractivity contribution in [2.75, 3.05) is 6.26 Å². The molecule has 3 rings (SSSR count). The fourth-order valence-corrected chi connectivity index (χ4v) is 2.61. The fraction of sp³-hybridized carbons (Fsp3) is 0.214. The molecule has 0 spiro atoms. The molecular formula is C14H12N4O3S. The van der Waals surface area contributed by atoms with Crippen molar-refractivity contribution in [3.63, 3.8) is 0 Å². The minimum Gasteiger partial charge on any atom is -0.471 e. The third-order valence-electron chi connectivity index (χ3n) is 3.27. The van der Waals surface area contributed by atoms with E-state index in [4.69, 9.17) is 4.74 Å². The van der Waals surface area contributed by atoms with Crippen molar-refractivity contribution in [2.45, 2.75) is 17.3 Å². The van der Waals surface area contributed by atoms with Crippen molar-refractivity contribution >= 4 is 23.8 Å². The van der Waals surface area contributed by atoms with Crippen molar-refractivity contribution in [1.29, 1.82) is 0 Å². The van der Waals surface area contributed by atoms with Gasteiger partial charge in [-0.15, -0.1) is 0 Å². The summed E-state index contributed by atoms with van der Waals surface area (Å²) < 4.78 is 5.54. The van der Waals surface area contributed by atoms with Gasteiger partial charge in [0.05, 0.1) is 10.6 Å². The minimum atomic E-state index is -0.422. The number of thioether (sulfide) groups is 1. The quantitative estimate of drug-likeness (QED) is 0.373. The third kappa shape index (κ3) is 2.77. The fourth-order valence-electron chi connectivity index (χ4n) is 2.24. The summed E-state index contributed by atoms with van der Waals surface area (Å²) in [6, 6.07) is 7.82. The maximum absolute atomic E-state index is 10.9. The van der Waals surface area contributed by atoms with Crippen LogP contribution < -0.4 is 0 Å². The molecule has 1 aliphatic heterocycles. The van der Waals surface area contributed by atoms with Crippen molar-refractivity contribution in [3.8, 4) is 0 Å². The maximum Gasteiger partial charge on any atom is 0.269 e. The summed E-state index contributed by atoms with van der Waals surface area (Å²) in [5.41, 5.74) is 1.46. The molecule has 0 N–H and O–H groups in total. The summed E-state index contributed by atoms with van der Waals surface area (Å²) in [6.45, 7) is 0. The molecule has 7 nitrogen and oxygen atoms in total. The van der Waals surface area contributed by atoms with Gasteiger partial charge in [0.1, 0.15) is 6.04 Å². The summed E-state index contributed by atoms with van der Waals surface area (Å²) in [7, 11) is 0. The summed E-state index contributed by atoms with van der Waals surface area (Å²) in [4.78, 5) is 23.3. The molecule has 2 heterocycles. The number of hydrogen-bond acceptors (Lipinski definition) is 7. The Bertz CT molecular complexity index is 738. The highest BCUT2D eigenvalue weighted by atomic mass is 32.2. The van der Waals surface area contributed by atoms with Gasteiger partial charge in [-0.05, 0) is 17.9 Å². The molecular weight excluding hydrogens is 304 g/mol. The number of benzene rings is 1. The van der Waals surface area contributed by atoms with E-state index in [1.807, 2.05) is 6.26 Å². The van der Waals surface area contributed by atoms with E-state index in [9.17, 15) is 10.1 Å². The number of nitrogens with zero attached hydrogens (tertiary/aromatic N) is 4. The molecule has 2 atom stereocenters. The molecule has 0 saturated heterocycles. The number of aromatic nitrogens is 2. The number of ether oxygens (including phenoxy) is 1. The summed E-state index contributed by atoms with van der Waals surface area (Å²) >= 11 is 1.44. The van der Waals surface area contributed by atoms with E-state index in [-0.39, 0.29) is 11.7 Å². The summed E-state index contributed by atoms with van der Waals surface area (Å²) in [5.74, 6) is 0. The first-order valence-electron chi connectivity index (χ1n) is 6.47. The van der Waals surface area contributed by atoms with Gasteiger partial charge in [0.25, 0.3) is 5.69 Å². The Balaban J connectivity index is 1.94. The van der Waals surface area contributed by atoms with E-state index in [2.05, 4.69) is 15.0 Å². The summed E-state index contributed by atoms with van der Waals surface area (Å²) in [5, 5.41) is 11.6. The third-order valence-corrected chi connectivity index (χ3v) is 3.83. The van der Waals surface area contributed by atoms with Crippen LogP contribution in [0.3, 0.4) is 0 Å². The Morgan fingerprint density at radius 2 is 2.23 bits per heavy atom. The molecule has 0 bridgehead atoms. The molecule has 8 heteroatoms. The van der Waals surface area contributed by atoms with Crippen molar-refractivity contribution in [3.05, 3.63) is 57.9 Å². The molecule has 2 unspecified atom stereocenters. The Morgan fingerprint density at radius 1 is 1.36 bits per heavy atom. The predicted molar refractivity (Wildman–Crippen MR) is 82.0 cm³/mol. The van der Waals surface area contributed by atoms with Gasteiger partial charge in [-0.1, -0.05) is 23.9 Å². The lowest BCUT2D eigenvalue weighted by Gasteiger charge is -2.17. The molecule has 2 aromatic rings. The van der Waals surface area contributed by atoms with E-state index in [0.29, 0.717) is 10.9 Å². The Labute approximate surface area is 130 Å². The van der Waals surface area contributed by atoms with E-state index in [1.165, 1.54) is 30.3 Å². The van der Waals surface area contributed by atoms with Gasteiger partial charge >= 0.3 is 0 Å². The standard InChI is InChI=1S/C14H12N4O3S/c1-22-14-15-6-5-11(17-14)13-12(16-8-21-13)9-3-2-4-10(7-9)18(19)20/h2-8,12-13H,1H3. The number of nitro groups is 1. The number of aliphatic imine (C=N–C) groups is 1. The lowest BCUT2D eigenvalue weighted by molar-refractivity contribution is -0.384. The zero-order valence-corrected chi connectivity index (χ0v) is 12.4. The number of nitro benzene ring substituents is 1. The van der Waals surface area contributed by atoms with Crippen LogP contribution in [0.15, 0.2) is 46.7 Å². The second kappa shape index (κ2) is 6.10. The van der Waals surface area contributed by atoms with Gasteiger partial charge in [-0.3, -0.25) is 10.1 Å². The normalized spacial score (nSPS) is 19.9. The van der Waals surface area contributed by atoms with Crippen LogP contribution in [0.1, 0.15) is 23.4 Å². The van der Waals surface area contributed by atoms with Crippen LogP contribution >= 0.6 is 11.8 Å². The lowest BCUT2D eigenvalue weighted by atomic mass is 9.99. The van der Waals surface area contributed by atoms with Gasteiger partial charge in [0.15, 0.2) is 17.7 Å². The van der Waals surface area contributed by atoms with Crippen LogP contribution in [0.25, 0.3) is 0 Å². The van der Waals surface area contributed by atoms with Crippen LogP contribution in [0.5, 0.6) is 0 Å². The first-order chi connectivity index (χ1) is 10.7. The molecule has 0 aliphatic carbocycles. The maximum atomic E-state index is 10.9. The molecule has 1 aromatic carbocycles. The van der Waals surface area contributed by atoms with Gasteiger partial charge in [-0.2, -0.15) is 0 Å². The smallest absolute Gasteiger partial charge is 0.269 e. The van der Waals surface area contributed by atoms with E-state index in [0.717, 1.165) is 5.56 Å². The first-order valence-corrected chi connectivity index (χ1v) is 7.70. The first kappa shape index (κ1) is 14.5. The average Bonchev–Trinajstić information content (AvgIpc) is 3.04. The largest absolute Gasteiger partial charge is 0.471 e. The molecule has 0 saturated carbocycles. The van der Waals surface area contributed by atoms with Crippen LogP contribution in [0, 0.1) is 10.1 Å². The van der Waals surface area contributed by atoms with Gasteiger partial charge in [0, 0.05) is 18.3 Å². The zero-order valence-electron chi connectivity index (χ0n) is 11.6. The molecule has 1 aromatic heterocycles. The van der Waals surface area contributed by atoms with E-state index < -0.39 is 11.0 Å². The highest BCUT2D eigenvalue weighted by Crippen LogP contribution is 2.38. The second-order valence-electron chi connectivity index (χ2n) is 4.58. The highest BCUT2D eigenvalue weighted by molar-refractivity contribution is 7.98. The van der Waals surface area contributed by atoms with Crippen LogP contribution in [0.2, 0.25) is 0 Å². The SMILES string of the molecule is CSc1nccc(C2OC=NC2c2cccc([N+](=O)[O-])c2)n1. The van der Waals surface area contributed by atoms with Crippen LogP contribution in [0.4, 0.5) is 5.69 Å². The van der Waals surface area contributed by atoms with E-state index >= 15 is 0 Å². The van der Waals surface area contributed by atoms with Crippen molar-refractivity contribution < 1.29 is 9.66 Å². The zero-order chi connectivity index (χ0) is 15.5. The lowest BCUT2D eigenvalue weighted by Crippen LogP contribution is -2.10. The highest BCUT2D eigenvalue weighted by Gasteiger charge is 2.31. The van der Waals surface area contributed by atoms with Gasteiger partial charge in [0.2, 0.25) is 0 Å². The van der Waals surface area contributed by atoms with Crippen molar-refractivity contribution in [2.24, 2.45) is 4.99 Å². The molecule has 1 aliphatic rings. The Kier molecular flexibility index (Phi) is 4.01. The minimum absolute atomic E-state index is 0.0332. The molecule has 0 radical (unpaired) electrons. The molecule has 0 amide bonds. The molecule has 0 fully saturated rings. The molecule has 112 valence electrons. The second-order valence-corrected chi connectivity index (χ2v) is 5.35. The summed E-state index contributed by atoms with van der Waals surface area (Å²) in [6.07, 6.45) is 4.52.